The summed E-state index contributed by atoms with van der Waals surface area (Å²) in [4.78, 5) is 8.86. The zero-order chi connectivity index (χ0) is 15.5. The third-order valence-corrected chi connectivity index (χ3v) is 3.98. The highest BCUT2D eigenvalue weighted by molar-refractivity contribution is 5.93. The summed E-state index contributed by atoms with van der Waals surface area (Å²) in [6, 6.07) is 10.00. The van der Waals surface area contributed by atoms with Crippen molar-refractivity contribution in [2.75, 3.05) is 11.9 Å². The van der Waals surface area contributed by atoms with E-state index in [0.717, 1.165) is 35.5 Å². The van der Waals surface area contributed by atoms with Gasteiger partial charge in [0.15, 0.2) is 0 Å². The number of nitrogens with one attached hydrogen (secondary N) is 1. The van der Waals surface area contributed by atoms with Crippen molar-refractivity contribution in [3.05, 3.63) is 47.9 Å². The van der Waals surface area contributed by atoms with Gasteiger partial charge in [0.25, 0.3) is 0 Å². The van der Waals surface area contributed by atoms with Crippen molar-refractivity contribution in [1.29, 1.82) is 0 Å². The number of benzene rings is 1. The molecule has 1 aromatic carbocycles. The number of anilines is 2. The van der Waals surface area contributed by atoms with Gasteiger partial charge < -0.3 is 15.0 Å². The van der Waals surface area contributed by atoms with Gasteiger partial charge in [-0.25, -0.2) is 9.97 Å². The van der Waals surface area contributed by atoms with Gasteiger partial charge in [0.2, 0.25) is 0 Å². The number of hydrogen-bond acceptors (Lipinski definition) is 4. The van der Waals surface area contributed by atoms with E-state index < -0.39 is 0 Å². The smallest absolute Gasteiger partial charge is 0.145 e. The third kappa shape index (κ3) is 2.55. The van der Waals surface area contributed by atoms with Crippen LogP contribution in [0.4, 0.5) is 11.5 Å². The Morgan fingerprint density at radius 2 is 1.91 bits per heavy atom. The van der Waals surface area contributed by atoms with Gasteiger partial charge in [0.05, 0.1) is 5.39 Å². The molecule has 0 aliphatic rings. The van der Waals surface area contributed by atoms with Gasteiger partial charge >= 0.3 is 0 Å². The molecule has 0 unspecified atom stereocenters. The van der Waals surface area contributed by atoms with Crippen LogP contribution in [0.25, 0.3) is 11.0 Å². The number of para-hydroxylation sites is 1. The standard InChI is InChI=1S/C17H20N4O/c1-12-13(2)21(9-6-10-22)17-15(12)16(18-11-19-17)20-14-7-4-3-5-8-14/h3-5,7-8,11,22H,6,9-10H2,1-2H3,(H,18,19,20). The molecule has 0 aliphatic heterocycles. The Morgan fingerprint density at radius 1 is 1.14 bits per heavy atom. The zero-order valence-corrected chi connectivity index (χ0v) is 12.9. The zero-order valence-electron chi connectivity index (χ0n) is 12.9. The molecular weight excluding hydrogens is 276 g/mol. The lowest BCUT2D eigenvalue weighted by molar-refractivity contribution is 0.280. The van der Waals surface area contributed by atoms with E-state index in [0.29, 0.717) is 0 Å². The molecule has 0 spiro atoms. The summed E-state index contributed by atoms with van der Waals surface area (Å²) in [7, 11) is 0. The first-order valence-electron chi connectivity index (χ1n) is 7.45. The first kappa shape index (κ1) is 14.5. The molecule has 5 heteroatoms. The molecule has 0 atom stereocenters. The number of nitrogens with zero attached hydrogens (tertiary/aromatic N) is 3. The lowest BCUT2D eigenvalue weighted by Crippen LogP contribution is -2.03. The fourth-order valence-corrected chi connectivity index (χ4v) is 2.72. The highest BCUT2D eigenvalue weighted by atomic mass is 16.3. The monoisotopic (exact) mass is 296 g/mol. The Morgan fingerprint density at radius 3 is 2.64 bits per heavy atom. The van der Waals surface area contributed by atoms with E-state index in [-0.39, 0.29) is 6.61 Å². The van der Waals surface area contributed by atoms with Crippen LogP contribution in [0.1, 0.15) is 17.7 Å². The predicted molar refractivity (Wildman–Crippen MR) is 88.4 cm³/mol. The van der Waals surface area contributed by atoms with Gasteiger partial charge in [-0.15, -0.1) is 0 Å². The molecule has 0 saturated carbocycles. The van der Waals surface area contributed by atoms with E-state index in [9.17, 15) is 0 Å². The van der Waals surface area contributed by atoms with Gasteiger partial charge in [-0.2, -0.15) is 0 Å². The minimum absolute atomic E-state index is 0.179. The maximum absolute atomic E-state index is 9.09. The second kappa shape index (κ2) is 6.15. The van der Waals surface area contributed by atoms with Crippen molar-refractivity contribution in [2.45, 2.75) is 26.8 Å². The number of aliphatic hydroxyl groups is 1. The molecule has 0 saturated heterocycles. The average molecular weight is 296 g/mol. The first-order chi connectivity index (χ1) is 10.7. The Bertz CT molecular complexity index is 780. The molecule has 2 aromatic heterocycles. The molecule has 3 aromatic rings. The summed E-state index contributed by atoms with van der Waals surface area (Å²) in [5, 5.41) is 13.5. The third-order valence-electron chi connectivity index (χ3n) is 3.98. The van der Waals surface area contributed by atoms with Crippen LogP contribution in [-0.4, -0.2) is 26.2 Å². The summed E-state index contributed by atoms with van der Waals surface area (Å²) in [5.41, 5.74) is 4.26. The number of hydrogen-bond donors (Lipinski definition) is 2. The summed E-state index contributed by atoms with van der Waals surface area (Å²) >= 11 is 0. The maximum atomic E-state index is 9.09. The fourth-order valence-electron chi connectivity index (χ4n) is 2.72. The highest BCUT2D eigenvalue weighted by Gasteiger charge is 2.16. The summed E-state index contributed by atoms with van der Waals surface area (Å²) in [6.45, 7) is 5.11. The van der Waals surface area contributed by atoms with Crippen LogP contribution >= 0.6 is 0 Å². The van der Waals surface area contributed by atoms with E-state index in [1.165, 1.54) is 11.3 Å². The number of aryl methyl sites for hydroxylation is 2. The lowest BCUT2D eigenvalue weighted by atomic mass is 10.2. The van der Waals surface area contributed by atoms with E-state index in [2.05, 4.69) is 33.7 Å². The van der Waals surface area contributed by atoms with Crippen molar-refractivity contribution in [3.8, 4) is 0 Å². The van der Waals surface area contributed by atoms with Crippen LogP contribution < -0.4 is 5.32 Å². The highest BCUT2D eigenvalue weighted by Crippen LogP contribution is 2.30. The van der Waals surface area contributed by atoms with Crippen LogP contribution in [0.2, 0.25) is 0 Å². The maximum Gasteiger partial charge on any atom is 0.145 e. The van der Waals surface area contributed by atoms with Crippen LogP contribution in [0.5, 0.6) is 0 Å². The van der Waals surface area contributed by atoms with E-state index in [1.807, 2.05) is 30.3 Å². The molecule has 114 valence electrons. The van der Waals surface area contributed by atoms with Crippen molar-refractivity contribution >= 4 is 22.5 Å². The number of aromatic nitrogens is 3. The van der Waals surface area contributed by atoms with E-state index >= 15 is 0 Å². The molecule has 0 aliphatic carbocycles. The Kier molecular flexibility index (Phi) is 4.06. The topological polar surface area (TPSA) is 63.0 Å². The van der Waals surface area contributed by atoms with Crippen LogP contribution in [-0.2, 0) is 6.54 Å². The van der Waals surface area contributed by atoms with Gasteiger partial charge in [-0.1, -0.05) is 18.2 Å². The van der Waals surface area contributed by atoms with Crippen molar-refractivity contribution < 1.29 is 5.11 Å². The molecular formula is C17H20N4O. The van der Waals surface area contributed by atoms with Crippen LogP contribution in [0.3, 0.4) is 0 Å². The Balaban J connectivity index is 2.08. The Hall–Kier alpha value is -2.40. The molecule has 5 nitrogen and oxygen atoms in total. The molecule has 22 heavy (non-hydrogen) atoms. The summed E-state index contributed by atoms with van der Waals surface area (Å²) < 4.78 is 2.15. The van der Waals surface area contributed by atoms with Crippen molar-refractivity contribution in [1.82, 2.24) is 14.5 Å². The normalized spacial score (nSPS) is 11.0. The largest absolute Gasteiger partial charge is 0.396 e. The van der Waals surface area contributed by atoms with Gasteiger partial charge in [0.1, 0.15) is 17.8 Å². The van der Waals surface area contributed by atoms with Crippen molar-refractivity contribution in [2.24, 2.45) is 0 Å². The molecule has 3 rings (SSSR count). The molecule has 0 bridgehead atoms. The summed E-state index contributed by atoms with van der Waals surface area (Å²) in [6.07, 6.45) is 2.30. The number of aliphatic hydroxyl groups excluding tert-OH is 1. The lowest BCUT2D eigenvalue weighted by Gasteiger charge is -2.08. The van der Waals surface area contributed by atoms with E-state index in [1.54, 1.807) is 6.33 Å². The van der Waals surface area contributed by atoms with Crippen molar-refractivity contribution in [3.63, 3.8) is 0 Å². The SMILES string of the molecule is Cc1c(C)n(CCCO)c2ncnc(Nc3ccccc3)c12. The summed E-state index contributed by atoms with van der Waals surface area (Å²) in [5.74, 6) is 0.819. The van der Waals surface area contributed by atoms with Gasteiger partial charge in [-0.05, 0) is 38.0 Å². The van der Waals surface area contributed by atoms with Crippen LogP contribution in [0, 0.1) is 13.8 Å². The molecule has 0 radical (unpaired) electrons. The number of fused-ring (bicyclic) bond motifs is 1. The molecule has 2 N–H and O–H groups in total. The average Bonchev–Trinajstić information content (AvgIpc) is 2.79. The van der Waals surface area contributed by atoms with Crippen LogP contribution in [0.15, 0.2) is 36.7 Å². The molecule has 0 fully saturated rings. The second-order valence-corrected chi connectivity index (χ2v) is 5.35. The fraction of sp³-hybridized carbons (Fsp3) is 0.294. The second-order valence-electron chi connectivity index (χ2n) is 5.35. The molecule has 2 heterocycles. The quantitative estimate of drug-likeness (QED) is 0.759. The number of rotatable bonds is 5. The van der Waals surface area contributed by atoms with Gasteiger partial charge in [-0.3, -0.25) is 0 Å². The Labute approximate surface area is 129 Å². The predicted octanol–water partition coefficient (Wildman–Crippen LogP) is 3.17. The molecule has 0 amide bonds. The van der Waals surface area contributed by atoms with E-state index in [4.69, 9.17) is 5.11 Å². The minimum Gasteiger partial charge on any atom is -0.396 e. The minimum atomic E-state index is 0.179. The first-order valence-corrected chi connectivity index (χ1v) is 7.45. The van der Waals surface area contributed by atoms with Gasteiger partial charge in [0, 0.05) is 24.5 Å².